The van der Waals surface area contributed by atoms with Gasteiger partial charge in [0.2, 0.25) is 16.7 Å². The van der Waals surface area contributed by atoms with Crippen molar-refractivity contribution in [3.8, 4) is 0 Å². The van der Waals surface area contributed by atoms with Gasteiger partial charge in [0, 0.05) is 50.1 Å². The van der Waals surface area contributed by atoms with Gasteiger partial charge in [-0.1, -0.05) is 12.1 Å². The Labute approximate surface area is 149 Å². The summed E-state index contributed by atoms with van der Waals surface area (Å²) < 4.78 is 4.22. The lowest BCUT2D eigenvalue weighted by atomic mass is 10.2. The van der Waals surface area contributed by atoms with E-state index < -0.39 is 0 Å². The molecule has 0 bridgehead atoms. The maximum absolute atomic E-state index is 12.4. The van der Waals surface area contributed by atoms with Crippen LogP contribution in [0.5, 0.6) is 0 Å². The summed E-state index contributed by atoms with van der Waals surface area (Å²) in [7, 11) is 0. The minimum absolute atomic E-state index is 0.214. The minimum atomic E-state index is -0.241. The Kier molecular flexibility index (Phi) is 4.34. The van der Waals surface area contributed by atoms with Crippen LogP contribution in [0.4, 0.5) is 10.9 Å². The molecule has 1 aliphatic rings. The summed E-state index contributed by atoms with van der Waals surface area (Å²) in [4.78, 5) is 29.6. The minimum Gasteiger partial charge on any atom is -0.353 e. The second kappa shape index (κ2) is 6.94. The van der Waals surface area contributed by atoms with Gasteiger partial charge >= 0.3 is 0 Å². The Morgan fingerprint density at radius 1 is 0.920 bits per heavy atom. The first-order chi connectivity index (χ1) is 12.3. The molecule has 126 valence electrons. The molecule has 0 N–H and O–H groups in total. The predicted molar refractivity (Wildman–Crippen MR) is 96.2 cm³/mol. The molecule has 0 spiro atoms. The molecule has 0 unspecified atom stereocenters. The van der Waals surface area contributed by atoms with Gasteiger partial charge in [-0.05, 0) is 24.3 Å². The van der Waals surface area contributed by atoms with Gasteiger partial charge in [-0.25, -0.2) is 4.98 Å². The maximum Gasteiger partial charge on any atom is 0.249 e. The van der Waals surface area contributed by atoms with Crippen LogP contribution in [0.1, 0.15) is 16.3 Å². The molecule has 0 aliphatic carbocycles. The molecule has 3 aromatic rings. The fraction of sp³-hybridized carbons (Fsp3) is 0.235. The van der Waals surface area contributed by atoms with Gasteiger partial charge < -0.3 is 9.80 Å². The molecule has 0 radical (unpaired) electrons. The quantitative estimate of drug-likeness (QED) is 0.664. The van der Waals surface area contributed by atoms with E-state index >= 15 is 0 Å². The monoisotopic (exact) mass is 352 g/mol. The van der Waals surface area contributed by atoms with Crippen LogP contribution in [0.3, 0.4) is 0 Å². The smallest absolute Gasteiger partial charge is 0.249 e. The van der Waals surface area contributed by atoms with Crippen LogP contribution in [0.25, 0.3) is 0 Å². The number of hydrogen-bond acceptors (Lipinski definition) is 8. The van der Waals surface area contributed by atoms with Gasteiger partial charge in [-0.2, -0.15) is 9.36 Å². The van der Waals surface area contributed by atoms with Crippen molar-refractivity contribution in [2.24, 2.45) is 0 Å². The van der Waals surface area contributed by atoms with Crippen molar-refractivity contribution < 1.29 is 4.79 Å². The van der Waals surface area contributed by atoms with E-state index in [1.54, 1.807) is 24.4 Å². The van der Waals surface area contributed by atoms with E-state index in [2.05, 4.69) is 29.1 Å². The molecule has 1 saturated heterocycles. The lowest BCUT2D eigenvalue weighted by Crippen LogP contribution is -2.46. The van der Waals surface area contributed by atoms with Crippen LogP contribution in [0.15, 0.2) is 48.8 Å². The molecule has 3 aromatic heterocycles. The summed E-state index contributed by atoms with van der Waals surface area (Å²) in [6, 6.07) is 11.2. The number of rotatable bonds is 4. The van der Waals surface area contributed by atoms with Gasteiger partial charge in [-0.3, -0.25) is 9.78 Å². The molecule has 4 heterocycles. The normalized spacial score (nSPS) is 14.6. The van der Waals surface area contributed by atoms with Crippen LogP contribution in [0.2, 0.25) is 0 Å². The average molecular weight is 352 g/mol. The average Bonchev–Trinajstić information content (AvgIpc) is 3.19. The molecule has 25 heavy (non-hydrogen) atoms. The largest absolute Gasteiger partial charge is 0.353 e. The number of pyridine rings is 2. The summed E-state index contributed by atoms with van der Waals surface area (Å²) in [5.74, 6) is 0.964. The molecule has 0 saturated carbocycles. The Morgan fingerprint density at radius 2 is 1.64 bits per heavy atom. The molecule has 8 heteroatoms. The summed E-state index contributed by atoms with van der Waals surface area (Å²) in [5, 5.41) is 0.778. The molecule has 0 amide bonds. The second-order valence-electron chi connectivity index (χ2n) is 5.61. The first-order valence-corrected chi connectivity index (χ1v) is 8.79. The van der Waals surface area contributed by atoms with Crippen LogP contribution < -0.4 is 9.80 Å². The van der Waals surface area contributed by atoms with E-state index in [0.29, 0.717) is 5.69 Å². The van der Waals surface area contributed by atoms with Gasteiger partial charge in [0.1, 0.15) is 11.5 Å². The SMILES string of the molecule is O=C(c1ccccn1)c1nsc(N2CCN(c3ccccn3)CC2)n1. The predicted octanol–water partition coefficient (Wildman–Crippen LogP) is 1.89. The number of ketones is 1. The van der Waals surface area contributed by atoms with Crippen LogP contribution in [-0.4, -0.2) is 51.3 Å². The highest BCUT2D eigenvalue weighted by atomic mass is 32.1. The van der Waals surface area contributed by atoms with Crippen molar-refractivity contribution >= 4 is 28.3 Å². The van der Waals surface area contributed by atoms with E-state index in [1.807, 2.05) is 24.4 Å². The number of anilines is 2. The standard InChI is InChI=1S/C17H16N6OS/c24-15(13-5-1-3-7-18-13)16-20-17(25-21-16)23-11-9-22(10-12-23)14-6-2-4-8-19-14/h1-8H,9-12H2. The first-order valence-electron chi connectivity index (χ1n) is 8.01. The zero-order chi connectivity index (χ0) is 17.1. The van der Waals surface area contributed by atoms with Crippen LogP contribution in [0, 0.1) is 0 Å². The van der Waals surface area contributed by atoms with Crippen molar-refractivity contribution in [2.75, 3.05) is 36.0 Å². The second-order valence-corrected chi connectivity index (χ2v) is 6.34. The molecule has 1 fully saturated rings. The van der Waals surface area contributed by atoms with Crippen molar-refractivity contribution in [3.63, 3.8) is 0 Å². The van der Waals surface area contributed by atoms with E-state index in [4.69, 9.17) is 0 Å². The highest BCUT2D eigenvalue weighted by molar-refractivity contribution is 7.09. The van der Waals surface area contributed by atoms with Crippen molar-refractivity contribution in [3.05, 3.63) is 60.3 Å². The van der Waals surface area contributed by atoms with Gasteiger partial charge in [-0.15, -0.1) is 0 Å². The fourth-order valence-corrected chi connectivity index (χ4v) is 3.43. The molecule has 7 nitrogen and oxygen atoms in total. The number of carbonyl (C=O) groups is 1. The number of hydrogen-bond donors (Lipinski definition) is 0. The van der Waals surface area contributed by atoms with E-state index in [0.717, 1.165) is 37.1 Å². The number of nitrogens with zero attached hydrogens (tertiary/aromatic N) is 6. The van der Waals surface area contributed by atoms with Crippen LogP contribution in [-0.2, 0) is 0 Å². The van der Waals surface area contributed by atoms with E-state index in [9.17, 15) is 4.79 Å². The van der Waals surface area contributed by atoms with Gasteiger partial charge in [0.05, 0.1) is 0 Å². The zero-order valence-corrected chi connectivity index (χ0v) is 14.3. The highest BCUT2D eigenvalue weighted by Gasteiger charge is 2.23. The molecular weight excluding hydrogens is 336 g/mol. The fourth-order valence-electron chi connectivity index (χ4n) is 2.72. The molecule has 0 atom stereocenters. The third kappa shape index (κ3) is 3.34. The summed E-state index contributed by atoms with van der Waals surface area (Å²) in [6.45, 7) is 3.37. The molecule has 4 rings (SSSR count). The maximum atomic E-state index is 12.4. The topological polar surface area (TPSA) is 75.1 Å². The molecular formula is C17H16N6OS. The van der Waals surface area contributed by atoms with Crippen LogP contribution >= 0.6 is 11.5 Å². The third-order valence-electron chi connectivity index (χ3n) is 4.04. The van der Waals surface area contributed by atoms with Gasteiger partial charge in [0.15, 0.2) is 0 Å². The van der Waals surface area contributed by atoms with E-state index in [-0.39, 0.29) is 11.6 Å². The summed E-state index contributed by atoms with van der Waals surface area (Å²) in [5.41, 5.74) is 0.367. The van der Waals surface area contributed by atoms with Crippen molar-refractivity contribution in [1.29, 1.82) is 0 Å². The van der Waals surface area contributed by atoms with E-state index in [1.165, 1.54) is 11.5 Å². The molecule has 0 aromatic carbocycles. The van der Waals surface area contributed by atoms with Crippen molar-refractivity contribution in [2.45, 2.75) is 0 Å². The van der Waals surface area contributed by atoms with Gasteiger partial charge in [0.25, 0.3) is 0 Å². The Balaban J connectivity index is 1.43. The first kappa shape index (κ1) is 15.6. The number of piperazine rings is 1. The third-order valence-corrected chi connectivity index (χ3v) is 4.82. The lowest BCUT2D eigenvalue weighted by molar-refractivity contribution is 0.102. The van der Waals surface area contributed by atoms with Crippen molar-refractivity contribution in [1.82, 2.24) is 19.3 Å². The summed E-state index contributed by atoms with van der Waals surface area (Å²) in [6.07, 6.45) is 3.40. The summed E-state index contributed by atoms with van der Waals surface area (Å²) >= 11 is 1.26. The Morgan fingerprint density at radius 3 is 2.32 bits per heavy atom. The number of carbonyl (C=O) groups excluding carboxylic acids is 1. The Bertz CT molecular complexity index is 846. The zero-order valence-electron chi connectivity index (χ0n) is 13.4. The Hall–Kier alpha value is -2.87. The highest BCUT2D eigenvalue weighted by Crippen LogP contribution is 2.21. The number of aromatic nitrogens is 4. The molecule has 1 aliphatic heterocycles. The lowest BCUT2D eigenvalue weighted by Gasteiger charge is -2.34.